The summed E-state index contributed by atoms with van der Waals surface area (Å²) in [5, 5.41) is 6.93. The molecular weight excluding hydrogens is 268 g/mol. The van der Waals surface area contributed by atoms with Crippen molar-refractivity contribution in [3.8, 4) is 0 Å². The minimum absolute atomic E-state index is 0.165. The Labute approximate surface area is 123 Å². The summed E-state index contributed by atoms with van der Waals surface area (Å²) >= 11 is 0. The van der Waals surface area contributed by atoms with Crippen molar-refractivity contribution in [2.45, 2.75) is 46.6 Å². The first-order chi connectivity index (χ1) is 9.88. The van der Waals surface area contributed by atoms with E-state index in [4.69, 9.17) is 0 Å². The number of nitrogens with zero attached hydrogens (tertiary/aromatic N) is 5. The first kappa shape index (κ1) is 15.1. The average Bonchev–Trinajstić information content (AvgIpc) is 2.79. The van der Waals surface area contributed by atoms with Crippen LogP contribution in [0.2, 0.25) is 0 Å². The molecular formula is C14H20N6O. The van der Waals surface area contributed by atoms with E-state index in [-0.39, 0.29) is 23.8 Å². The molecule has 0 saturated heterocycles. The molecule has 7 heteroatoms. The highest BCUT2D eigenvalue weighted by molar-refractivity contribution is 6.01. The highest BCUT2D eigenvalue weighted by Gasteiger charge is 2.15. The van der Waals surface area contributed by atoms with Gasteiger partial charge in [0, 0.05) is 18.2 Å². The van der Waals surface area contributed by atoms with Crippen LogP contribution in [0.1, 0.15) is 61.8 Å². The number of hydrogen-bond acceptors (Lipinski definition) is 5. The number of aryl methyl sites for hydroxylation is 1. The van der Waals surface area contributed by atoms with Gasteiger partial charge in [-0.1, -0.05) is 13.8 Å². The Morgan fingerprint density at radius 1 is 1.24 bits per heavy atom. The van der Waals surface area contributed by atoms with Crippen LogP contribution in [0.25, 0.3) is 0 Å². The Hall–Kier alpha value is -2.31. The first-order valence-corrected chi connectivity index (χ1v) is 6.96. The van der Waals surface area contributed by atoms with Gasteiger partial charge in [0.15, 0.2) is 0 Å². The van der Waals surface area contributed by atoms with E-state index >= 15 is 0 Å². The smallest absolute Gasteiger partial charge is 0.276 e. The van der Waals surface area contributed by atoms with Crippen LogP contribution >= 0.6 is 0 Å². The van der Waals surface area contributed by atoms with Gasteiger partial charge >= 0.3 is 0 Å². The maximum Gasteiger partial charge on any atom is 0.276 e. The molecule has 21 heavy (non-hydrogen) atoms. The van der Waals surface area contributed by atoms with Gasteiger partial charge in [0.1, 0.15) is 17.3 Å². The lowest BCUT2D eigenvalue weighted by molar-refractivity contribution is 0.102. The second-order valence-electron chi connectivity index (χ2n) is 5.43. The average molecular weight is 288 g/mol. The van der Waals surface area contributed by atoms with Crippen molar-refractivity contribution in [1.82, 2.24) is 24.7 Å². The Balaban J connectivity index is 2.18. The molecule has 112 valence electrons. The molecule has 7 nitrogen and oxygen atoms in total. The Morgan fingerprint density at radius 2 is 1.95 bits per heavy atom. The number of aromatic nitrogens is 5. The van der Waals surface area contributed by atoms with Crippen molar-refractivity contribution in [2.75, 3.05) is 5.32 Å². The molecule has 0 radical (unpaired) electrons. The summed E-state index contributed by atoms with van der Waals surface area (Å²) in [5.74, 6) is 1.51. The summed E-state index contributed by atoms with van der Waals surface area (Å²) in [4.78, 5) is 24.8. The van der Waals surface area contributed by atoms with Crippen molar-refractivity contribution in [3.05, 3.63) is 29.6 Å². The first-order valence-electron chi connectivity index (χ1n) is 6.96. The summed E-state index contributed by atoms with van der Waals surface area (Å²) in [6.45, 7) is 9.82. The molecule has 2 aromatic heterocycles. The van der Waals surface area contributed by atoms with Crippen molar-refractivity contribution in [2.24, 2.45) is 0 Å². The fraction of sp³-hybridized carbons (Fsp3) is 0.500. The summed E-state index contributed by atoms with van der Waals surface area (Å²) in [5.41, 5.74) is 0.312. The normalized spacial score (nSPS) is 11.2. The van der Waals surface area contributed by atoms with E-state index in [9.17, 15) is 4.79 Å². The lowest BCUT2D eigenvalue weighted by Crippen LogP contribution is -2.16. The lowest BCUT2D eigenvalue weighted by atomic mass is 10.2. The second kappa shape index (κ2) is 5.99. The van der Waals surface area contributed by atoms with Gasteiger partial charge in [0.2, 0.25) is 5.95 Å². The minimum atomic E-state index is -0.333. The van der Waals surface area contributed by atoms with Gasteiger partial charge < -0.3 is 0 Å². The largest absolute Gasteiger partial charge is 0.288 e. The fourth-order valence-electron chi connectivity index (χ4n) is 1.89. The molecule has 0 fully saturated rings. The van der Waals surface area contributed by atoms with Crippen LogP contribution in [0.3, 0.4) is 0 Å². The van der Waals surface area contributed by atoms with E-state index in [0.29, 0.717) is 11.5 Å². The molecule has 2 rings (SSSR count). The van der Waals surface area contributed by atoms with E-state index in [1.807, 2.05) is 34.6 Å². The fourth-order valence-corrected chi connectivity index (χ4v) is 1.89. The molecule has 0 aromatic carbocycles. The second-order valence-corrected chi connectivity index (χ2v) is 5.43. The maximum absolute atomic E-state index is 12.2. The maximum atomic E-state index is 12.2. The zero-order valence-electron chi connectivity index (χ0n) is 13.0. The van der Waals surface area contributed by atoms with Crippen LogP contribution in [-0.2, 0) is 0 Å². The molecule has 0 unspecified atom stereocenters. The van der Waals surface area contributed by atoms with Crippen molar-refractivity contribution >= 4 is 11.9 Å². The van der Waals surface area contributed by atoms with Crippen molar-refractivity contribution in [3.63, 3.8) is 0 Å². The monoisotopic (exact) mass is 288 g/mol. The summed E-state index contributed by atoms with van der Waals surface area (Å²) < 4.78 is 1.76. The standard InChI is InChI=1S/C14H20N6O/c1-8(2)12-15-7-6-11(17-12)13(21)18-14-16-10(5)20(19-14)9(3)4/h6-9H,1-5H3,(H,18,19,21). The van der Waals surface area contributed by atoms with Gasteiger partial charge in [-0.15, -0.1) is 5.10 Å². The van der Waals surface area contributed by atoms with E-state index in [1.54, 1.807) is 16.9 Å². The third kappa shape index (κ3) is 3.42. The summed E-state index contributed by atoms with van der Waals surface area (Å²) in [6, 6.07) is 1.77. The number of amides is 1. The van der Waals surface area contributed by atoms with Gasteiger partial charge in [-0.05, 0) is 26.8 Å². The predicted molar refractivity (Wildman–Crippen MR) is 79.2 cm³/mol. The summed E-state index contributed by atoms with van der Waals surface area (Å²) in [6.07, 6.45) is 1.59. The lowest BCUT2D eigenvalue weighted by Gasteiger charge is -2.06. The quantitative estimate of drug-likeness (QED) is 0.933. The number of carbonyl (C=O) groups excluding carboxylic acids is 1. The van der Waals surface area contributed by atoms with E-state index < -0.39 is 0 Å². The highest BCUT2D eigenvalue weighted by atomic mass is 16.2. The highest BCUT2D eigenvalue weighted by Crippen LogP contribution is 2.11. The van der Waals surface area contributed by atoms with Gasteiger partial charge in [0.25, 0.3) is 5.91 Å². The van der Waals surface area contributed by atoms with Crippen molar-refractivity contribution < 1.29 is 4.79 Å². The predicted octanol–water partition coefficient (Wildman–Crippen LogP) is 2.33. The molecule has 0 bridgehead atoms. The number of nitrogens with one attached hydrogen (secondary N) is 1. The Bertz CT molecular complexity index is 647. The minimum Gasteiger partial charge on any atom is -0.288 e. The zero-order chi connectivity index (χ0) is 15.6. The van der Waals surface area contributed by atoms with Crippen LogP contribution in [0.15, 0.2) is 12.3 Å². The van der Waals surface area contributed by atoms with Crippen LogP contribution in [0.4, 0.5) is 5.95 Å². The molecule has 0 spiro atoms. The molecule has 0 saturated carbocycles. The molecule has 0 atom stereocenters. The molecule has 1 N–H and O–H groups in total. The van der Waals surface area contributed by atoms with E-state index in [0.717, 1.165) is 5.82 Å². The Morgan fingerprint density at radius 3 is 2.52 bits per heavy atom. The number of carbonyl (C=O) groups is 1. The van der Waals surface area contributed by atoms with E-state index in [2.05, 4.69) is 25.4 Å². The van der Waals surface area contributed by atoms with Crippen LogP contribution in [0, 0.1) is 6.92 Å². The molecule has 0 aliphatic carbocycles. The molecule has 2 heterocycles. The van der Waals surface area contributed by atoms with Gasteiger partial charge in [0.05, 0.1) is 0 Å². The molecule has 0 aliphatic rings. The summed E-state index contributed by atoms with van der Waals surface area (Å²) in [7, 11) is 0. The molecule has 2 aromatic rings. The third-order valence-corrected chi connectivity index (χ3v) is 2.94. The molecule has 1 amide bonds. The van der Waals surface area contributed by atoms with Crippen molar-refractivity contribution in [1.29, 1.82) is 0 Å². The topological polar surface area (TPSA) is 85.6 Å². The van der Waals surface area contributed by atoms with Gasteiger partial charge in [-0.2, -0.15) is 4.98 Å². The van der Waals surface area contributed by atoms with E-state index in [1.165, 1.54) is 0 Å². The Kier molecular flexibility index (Phi) is 4.30. The number of hydrogen-bond donors (Lipinski definition) is 1. The number of anilines is 1. The van der Waals surface area contributed by atoms with Crippen LogP contribution < -0.4 is 5.32 Å². The SMILES string of the molecule is Cc1nc(NC(=O)c2ccnc(C(C)C)n2)nn1C(C)C. The molecule has 0 aliphatic heterocycles. The third-order valence-electron chi connectivity index (χ3n) is 2.94. The van der Waals surface area contributed by atoms with Gasteiger partial charge in [-0.25, -0.2) is 14.6 Å². The van der Waals surface area contributed by atoms with Crippen LogP contribution in [-0.4, -0.2) is 30.6 Å². The zero-order valence-corrected chi connectivity index (χ0v) is 13.0. The van der Waals surface area contributed by atoms with Crippen LogP contribution in [0.5, 0.6) is 0 Å². The number of rotatable bonds is 4. The van der Waals surface area contributed by atoms with Gasteiger partial charge in [-0.3, -0.25) is 10.1 Å².